The molecule has 2 aromatic carbocycles. The van der Waals surface area contributed by atoms with Gasteiger partial charge in [-0.3, -0.25) is 9.59 Å². The molecule has 1 aromatic heterocycles. The lowest BCUT2D eigenvalue weighted by molar-refractivity contribution is -0.119. The molecular formula is C18H13Cl2N3O5S. The molecule has 3 aromatic rings. The lowest BCUT2D eigenvalue weighted by Crippen LogP contribution is -2.35. The zero-order valence-corrected chi connectivity index (χ0v) is 16.9. The van der Waals surface area contributed by atoms with Gasteiger partial charge in [-0.15, -0.1) is 0 Å². The monoisotopic (exact) mass is 453 g/mol. The molecule has 0 unspecified atom stereocenters. The number of carbonyl (C=O) groups is 1. The minimum absolute atomic E-state index is 0.0364. The fourth-order valence-corrected chi connectivity index (χ4v) is 3.56. The van der Waals surface area contributed by atoms with Gasteiger partial charge in [0.2, 0.25) is 15.5 Å². The summed E-state index contributed by atoms with van der Waals surface area (Å²) in [6, 6.07) is 10.1. The number of nitrogens with zero attached hydrogens (tertiary/aromatic N) is 1. The Hall–Kier alpha value is -2.72. The first-order chi connectivity index (χ1) is 13.8. The predicted octanol–water partition coefficient (Wildman–Crippen LogP) is 2.53. The Bertz CT molecular complexity index is 1250. The van der Waals surface area contributed by atoms with E-state index < -0.39 is 22.5 Å². The summed E-state index contributed by atoms with van der Waals surface area (Å²) in [6.45, 7) is -0.551. The van der Waals surface area contributed by atoms with Crippen molar-refractivity contribution in [1.82, 2.24) is 10.1 Å². The van der Waals surface area contributed by atoms with Crippen LogP contribution < -0.4 is 15.6 Å². The van der Waals surface area contributed by atoms with E-state index >= 15 is 0 Å². The van der Waals surface area contributed by atoms with Gasteiger partial charge in [0.25, 0.3) is 5.91 Å². The summed E-state index contributed by atoms with van der Waals surface area (Å²) in [6.07, 6.45) is 2.29. The normalized spacial score (nSPS) is 11.8. The molecule has 11 heteroatoms. The molecule has 0 spiro atoms. The summed E-state index contributed by atoms with van der Waals surface area (Å²) in [5.74, 6) is -0.730. The Morgan fingerprint density at radius 3 is 2.52 bits per heavy atom. The molecule has 0 saturated carbocycles. The molecule has 0 aliphatic rings. The second-order valence-corrected chi connectivity index (χ2v) is 8.37. The van der Waals surface area contributed by atoms with Crippen LogP contribution in [0.3, 0.4) is 0 Å². The fraction of sp³-hybridized carbons (Fsp3) is 0.0556. The van der Waals surface area contributed by atoms with Gasteiger partial charge in [0.1, 0.15) is 11.8 Å². The summed E-state index contributed by atoms with van der Waals surface area (Å²) in [7, 11) is -3.88. The van der Waals surface area contributed by atoms with Crippen LogP contribution in [0.1, 0.15) is 5.56 Å². The molecule has 0 fully saturated rings. The zero-order valence-electron chi connectivity index (χ0n) is 14.6. The molecule has 3 rings (SSSR count). The highest BCUT2D eigenvalue weighted by atomic mass is 35.5. The molecule has 0 radical (unpaired) electrons. The van der Waals surface area contributed by atoms with Crippen molar-refractivity contribution in [2.24, 2.45) is 5.10 Å². The fourth-order valence-electron chi connectivity index (χ4n) is 2.28. The number of nitrogens with one attached hydrogen (secondary N) is 2. The van der Waals surface area contributed by atoms with Crippen LogP contribution in [0.4, 0.5) is 0 Å². The number of sulfonamides is 1. The molecule has 8 nitrogen and oxygen atoms in total. The van der Waals surface area contributed by atoms with Crippen molar-refractivity contribution < 1.29 is 17.6 Å². The minimum Gasteiger partial charge on any atom is -0.463 e. The third-order valence-corrected chi connectivity index (χ3v) is 5.61. The van der Waals surface area contributed by atoms with Crippen molar-refractivity contribution in [3.8, 4) is 0 Å². The van der Waals surface area contributed by atoms with E-state index in [1.165, 1.54) is 36.6 Å². The van der Waals surface area contributed by atoms with Crippen molar-refractivity contribution in [2.75, 3.05) is 6.54 Å². The molecule has 29 heavy (non-hydrogen) atoms. The third-order valence-electron chi connectivity index (χ3n) is 3.70. The Labute approximate surface area is 175 Å². The quantitative estimate of drug-likeness (QED) is 0.439. The van der Waals surface area contributed by atoms with E-state index in [1.54, 1.807) is 12.1 Å². The average Bonchev–Trinajstić information content (AvgIpc) is 2.69. The van der Waals surface area contributed by atoms with Crippen molar-refractivity contribution >= 4 is 56.3 Å². The SMILES string of the molecule is O=C(CNS(=O)(=O)c1ccc(Cl)cc1)NN=Cc1coc2ccc(Cl)cc2c1=O. The number of hydrogen-bond acceptors (Lipinski definition) is 6. The van der Waals surface area contributed by atoms with Gasteiger partial charge in [0, 0.05) is 10.0 Å². The first-order valence-electron chi connectivity index (χ1n) is 8.04. The number of hydrogen-bond donors (Lipinski definition) is 2. The highest BCUT2D eigenvalue weighted by Gasteiger charge is 2.15. The largest absolute Gasteiger partial charge is 0.463 e. The van der Waals surface area contributed by atoms with E-state index in [9.17, 15) is 18.0 Å². The summed E-state index contributed by atoms with van der Waals surface area (Å²) in [5, 5.41) is 4.67. The molecule has 0 bridgehead atoms. The Balaban J connectivity index is 1.63. The maximum absolute atomic E-state index is 12.4. The van der Waals surface area contributed by atoms with Crippen molar-refractivity contribution in [3.63, 3.8) is 0 Å². The Morgan fingerprint density at radius 1 is 1.10 bits per heavy atom. The summed E-state index contributed by atoms with van der Waals surface area (Å²) in [4.78, 5) is 24.1. The van der Waals surface area contributed by atoms with E-state index in [2.05, 4.69) is 15.2 Å². The lowest BCUT2D eigenvalue weighted by Gasteiger charge is -2.06. The molecule has 150 valence electrons. The van der Waals surface area contributed by atoms with E-state index in [0.717, 1.165) is 6.21 Å². The third kappa shape index (κ3) is 5.21. The van der Waals surface area contributed by atoms with Crippen LogP contribution >= 0.6 is 23.2 Å². The van der Waals surface area contributed by atoms with Gasteiger partial charge < -0.3 is 4.42 Å². The van der Waals surface area contributed by atoms with Crippen LogP contribution in [-0.2, 0) is 14.8 Å². The van der Waals surface area contributed by atoms with Crippen molar-refractivity contribution in [3.05, 3.63) is 74.6 Å². The molecule has 1 heterocycles. The van der Waals surface area contributed by atoms with Gasteiger partial charge in [-0.2, -0.15) is 5.10 Å². The van der Waals surface area contributed by atoms with Crippen LogP contribution in [0.25, 0.3) is 11.0 Å². The number of amides is 1. The molecule has 0 saturated heterocycles. The van der Waals surface area contributed by atoms with Crippen molar-refractivity contribution in [2.45, 2.75) is 4.90 Å². The molecule has 1 amide bonds. The van der Waals surface area contributed by atoms with Gasteiger partial charge in [-0.1, -0.05) is 23.2 Å². The first kappa shape index (κ1) is 21.0. The standard InChI is InChI=1S/C18H13Cl2N3O5S/c19-12-1-4-14(5-2-12)29(26,27)22-9-17(24)23-21-8-11-10-28-16-6-3-13(20)7-15(16)18(11)25/h1-8,10,22H,9H2,(H,23,24). The van der Waals surface area contributed by atoms with Gasteiger partial charge >= 0.3 is 0 Å². The van der Waals surface area contributed by atoms with Gasteiger partial charge in [-0.25, -0.2) is 18.6 Å². The van der Waals surface area contributed by atoms with Crippen LogP contribution in [0.5, 0.6) is 0 Å². The number of carbonyl (C=O) groups excluding carboxylic acids is 1. The Morgan fingerprint density at radius 2 is 1.79 bits per heavy atom. The summed E-state index contributed by atoms with van der Waals surface area (Å²) >= 11 is 11.6. The number of benzene rings is 2. The van der Waals surface area contributed by atoms with Crippen LogP contribution in [-0.4, -0.2) is 27.1 Å². The topological polar surface area (TPSA) is 118 Å². The smallest absolute Gasteiger partial charge is 0.255 e. The van der Waals surface area contributed by atoms with Gasteiger partial charge in [0.15, 0.2) is 0 Å². The minimum atomic E-state index is -3.88. The van der Waals surface area contributed by atoms with E-state index in [1.807, 2.05) is 0 Å². The first-order valence-corrected chi connectivity index (χ1v) is 10.3. The number of fused-ring (bicyclic) bond motifs is 1. The lowest BCUT2D eigenvalue weighted by atomic mass is 10.2. The highest BCUT2D eigenvalue weighted by molar-refractivity contribution is 7.89. The van der Waals surface area contributed by atoms with E-state index in [4.69, 9.17) is 27.6 Å². The average molecular weight is 454 g/mol. The molecular weight excluding hydrogens is 441 g/mol. The Kier molecular flexibility index (Phi) is 6.33. The molecule has 0 aliphatic carbocycles. The summed E-state index contributed by atoms with van der Waals surface area (Å²) in [5.41, 5.74) is 2.19. The number of hydrazone groups is 1. The maximum Gasteiger partial charge on any atom is 0.255 e. The highest BCUT2D eigenvalue weighted by Crippen LogP contribution is 2.16. The van der Waals surface area contributed by atoms with E-state index in [-0.39, 0.29) is 21.3 Å². The maximum atomic E-state index is 12.4. The van der Waals surface area contributed by atoms with E-state index in [0.29, 0.717) is 15.6 Å². The zero-order chi connectivity index (χ0) is 21.0. The van der Waals surface area contributed by atoms with Crippen LogP contribution in [0.15, 0.2) is 67.9 Å². The second-order valence-electron chi connectivity index (χ2n) is 5.73. The number of halogens is 2. The van der Waals surface area contributed by atoms with Crippen molar-refractivity contribution in [1.29, 1.82) is 0 Å². The van der Waals surface area contributed by atoms with Crippen LogP contribution in [0, 0.1) is 0 Å². The molecule has 0 atom stereocenters. The predicted molar refractivity (Wildman–Crippen MR) is 110 cm³/mol. The molecule has 2 N–H and O–H groups in total. The second kappa shape index (κ2) is 8.75. The summed E-state index contributed by atoms with van der Waals surface area (Å²) < 4.78 is 31.7. The van der Waals surface area contributed by atoms with Gasteiger partial charge in [0.05, 0.1) is 28.6 Å². The number of rotatable bonds is 6. The van der Waals surface area contributed by atoms with Crippen LogP contribution in [0.2, 0.25) is 10.0 Å². The molecule has 0 aliphatic heterocycles. The van der Waals surface area contributed by atoms with Gasteiger partial charge in [-0.05, 0) is 42.5 Å².